The van der Waals surface area contributed by atoms with Gasteiger partial charge < -0.3 is 10.6 Å². The average Bonchev–Trinajstić information content (AvgIpc) is 3.11. The maximum absolute atomic E-state index is 13.8. The second-order valence-corrected chi connectivity index (χ2v) is 7.71. The molecule has 1 aliphatic rings. The molecule has 3 aromatic heterocycles. The Balaban J connectivity index is 1.71. The van der Waals surface area contributed by atoms with Gasteiger partial charge in [0.1, 0.15) is 23.2 Å². The van der Waals surface area contributed by atoms with Gasteiger partial charge in [-0.2, -0.15) is 29.0 Å². The maximum atomic E-state index is 13.8. The van der Waals surface area contributed by atoms with E-state index in [4.69, 9.17) is 5.26 Å². The highest BCUT2D eigenvalue weighted by atomic mass is 19.3. The summed E-state index contributed by atoms with van der Waals surface area (Å²) in [6, 6.07) is 8.43. The van der Waals surface area contributed by atoms with Crippen molar-refractivity contribution < 1.29 is 17.6 Å². The Morgan fingerprint density at radius 1 is 1.12 bits per heavy atom. The molecule has 12 heteroatoms. The van der Waals surface area contributed by atoms with Crippen molar-refractivity contribution >= 4 is 17.6 Å². The summed E-state index contributed by atoms with van der Waals surface area (Å²) in [5.41, 5.74) is 0.193. The Morgan fingerprint density at radius 2 is 1.91 bits per heavy atom. The second-order valence-electron chi connectivity index (χ2n) is 7.71. The van der Waals surface area contributed by atoms with Crippen LogP contribution in [0.5, 0.6) is 0 Å². The van der Waals surface area contributed by atoms with Gasteiger partial charge in [0.05, 0.1) is 0 Å². The predicted octanol–water partition coefficient (Wildman–Crippen LogP) is 4.66. The largest absolute Gasteiger partial charge is 0.351 e. The van der Waals surface area contributed by atoms with Crippen molar-refractivity contribution in [2.75, 3.05) is 10.6 Å². The summed E-state index contributed by atoms with van der Waals surface area (Å²) in [4.78, 5) is 20.5. The number of alkyl halides is 4. The standard InChI is InChI=1S/C21H18F4N8/c1-20(22,23)16-4-2-3-15(30-16)17-31-18(28-12-6-8-27-14(9-12)11-26)33-19(32-17)29-13-5-7-21(24,25)10-13/h2-4,6,8-9,13H,5,7,10H2,1H3,(H2,27,28,29,31,32,33). The highest BCUT2D eigenvalue weighted by molar-refractivity contribution is 5.59. The molecule has 3 heterocycles. The predicted molar refractivity (Wildman–Crippen MR) is 111 cm³/mol. The fraction of sp³-hybridized carbons (Fsp3) is 0.333. The molecule has 0 aliphatic heterocycles. The van der Waals surface area contributed by atoms with E-state index in [1.807, 2.05) is 6.07 Å². The van der Waals surface area contributed by atoms with E-state index in [1.165, 1.54) is 30.5 Å². The molecule has 0 aromatic carbocycles. The van der Waals surface area contributed by atoms with Crippen LogP contribution in [-0.2, 0) is 5.92 Å². The zero-order valence-corrected chi connectivity index (χ0v) is 17.4. The maximum Gasteiger partial charge on any atom is 0.286 e. The van der Waals surface area contributed by atoms with Crippen LogP contribution >= 0.6 is 0 Å². The summed E-state index contributed by atoms with van der Waals surface area (Å²) in [5.74, 6) is -5.97. The zero-order valence-electron chi connectivity index (χ0n) is 17.4. The number of rotatable bonds is 6. The van der Waals surface area contributed by atoms with Crippen LogP contribution in [0.4, 0.5) is 35.1 Å². The molecule has 1 saturated carbocycles. The molecule has 0 amide bonds. The van der Waals surface area contributed by atoms with Gasteiger partial charge in [-0.25, -0.2) is 18.7 Å². The third-order valence-corrected chi connectivity index (χ3v) is 4.93. The van der Waals surface area contributed by atoms with Crippen LogP contribution in [0.3, 0.4) is 0 Å². The Kier molecular flexibility index (Phi) is 5.80. The quantitative estimate of drug-likeness (QED) is 0.513. The van der Waals surface area contributed by atoms with E-state index in [2.05, 4.69) is 35.6 Å². The molecule has 0 bridgehead atoms. The number of anilines is 3. The number of halogens is 4. The molecular formula is C21H18F4N8. The average molecular weight is 458 g/mol. The van der Waals surface area contributed by atoms with Gasteiger partial charge in [0, 0.05) is 37.7 Å². The van der Waals surface area contributed by atoms with Gasteiger partial charge in [0.15, 0.2) is 5.82 Å². The minimum absolute atomic E-state index is 0.00442. The summed E-state index contributed by atoms with van der Waals surface area (Å²) in [5, 5.41) is 14.8. The topological polar surface area (TPSA) is 112 Å². The fourth-order valence-electron chi connectivity index (χ4n) is 3.37. The minimum Gasteiger partial charge on any atom is -0.351 e. The van der Waals surface area contributed by atoms with Crippen LogP contribution in [0.25, 0.3) is 11.5 Å². The first-order chi connectivity index (χ1) is 15.6. The first-order valence-corrected chi connectivity index (χ1v) is 10.0. The Morgan fingerprint density at radius 3 is 2.61 bits per heavy atom. The van der Waals surface area contributed by atoms with Crippen molar-refractivity contribution in [2.24, 2.45) is 0 Å². The number of hydrogen-bond acceptors (Lipinski definition) is 8. The molecule has 2 N–H and O–H groups in total. The van der Waals surface area contributed by atoms with Gasteiger partial charge in [0.25, 0.3) is 5.92 Å². The molecule has 1 atom stereocenters. The van der Waals surface area contributed by atoms with E-state index < -0.39 is 23.6 Å². The van der Waals surface area contributed by atoms with E-state index in [9.17, 15) is 17.6 Å². The molecule has 1 fully saturated rings. The lowest BCUT2D eigenvalue weighted by Crippen LogP contribution is -2.21. The monoisotopic (exact) mass is 458 g/mol. The van der Waals surface area contributed by atoms with Crippen LogP contribution in [-0.4, -0.2) is 36.9 Å². The molecule has 4 rings (SSSR count). The molecule has 170 valence electrons. The minimum atomic E-state index is -3.18. The van der Waals surface area contributed by atoms with Crippen LogP contribution < -0.4 is 10.6 Å². The number of pyridine rings is 2. The highest BCUT2D eigenvalue weighted by Crippen LogP contribution is 2.36. The van der Waals surface area contributed by atoms with Gasteiger partial charge >= 0.3 is 0 Å². The third-order valence-electron chi connectivity index (χ3n) is 4.93. The molecule has 1 aliphatic carbocycles. The van der Waals surface area contributed by atoms with Gasteiger partial charge in [0.2, 0.25) is 17.8 Å². The van der Waals surface area contributed by atoms with E-state index in [0.29, 0.717) is 5.69 Å². The fourth-order valence-corrected chi connectivity index (χ4v) is 3.37. The number of hydrogen-bond donors (Lipinski definition) is 2. The summed E-state index contributed by atoms with van der Waals surface area (Å²) < 4.78 is 54.8. The zero-order chi connectivity index (χ0) is 23.6. The lowest BCUT2D eigenvalue weighted by atomic mass is 10.2. The lowest BCUT2D eigenvalue weighted by Gasteiger charge is -2.15. The first kappa shape index (κ1) is 22.3. The van der Waals surface area contributed by atoms with Crippen LogP contribution in [0.2, 0.25) is 0 Å². The number of nitrogens with zero attached hydrogens (tertiary/aromatic N) is 6. The van der Waals surface area contributed by atoms with E-state index in [1.54, 1.807) is 6.07 Å². The summed E-state index contributed by atoms with van der Waals surface area (Å²) in [6.45, 7) is 0.725. The Labute approximate surface area is 186 Å². The Bertz CT molecular complexity index is 1210. The normalized spacial score (nSPS) is 17.4. The van der Waals surface area contributed by atoms with Crippen molar-refractivity contribution in [1.29, 1.82) is 5.26 Å². The molecule has 1 unspecified atom stereocenters. The second kappa shape index (κ2) is 8.57. The highest BCUT2D eigenvalue weighted by Gasteiger charge is 2.39. The van der Waals surface area contributed by atoms with Crippen molar-refractivity contribution in [1.82, 2.24) is 24.9 Å². The van der Waals surface area contributed by atoms with Crippen molar-refractivity contribution in [3.63, 3.8) is 0 Å². The summed E-state index contributed by atoms with van der Waals surface area (Å²) in [6.07, 6.45) is 1.01. The summed E-state index contributed by atoms with van der Waals surface area (Å²) in [7, 11) is 0. The molecule has 33 heavy (non-hydrogen) atoms. The number of aromatic nitrogens is 5. The lowest BCUT2D eigenvalue weighted by molar-refractivity contribution is 0.00841. The van der Waals surface area contributed by atoms with Crippen LogP contribution in [0.15, 0.2) is 36.5 Å². The van der Waals surface area contributed by atoms with E-state index in [-0.39, 0.29) is 48.4 Å². The Hall–Kier alpha value is -3.88. The molecule has 0 radical (unpaired) electrons. The number of nitrogens with one attached hydrogen (secondary N) is 2. The SMILES string of the molecule is CC(F)(F)c1cccc(-c2nc(Nc3ccnc(C#N)c3)nc(NC3CCC(F)(F)C3)n2)n1. The van der Waals surface area contributed by atoms with Crippen molar-refractivity contribution in [2.45, 2.75) is 44.1 Å². The molecule has 8 nitrogen and oxygen atoms in total. The summed E-state index contributed by atoms with van der Waals surface area (Å²) >= 11 is 0. The first-order valence-electron chi connectivity index (χ1n) is 10.0. The molecule has 0 saturated heterocycles. The van der Waals surface area contributed by atoms with Crippen molar-refractivity contribution in [3.05, 3.63) is 47.9 Å². The number of nitriles is 1. The van der Waals surface area contributed by atoms with E-state index >= 15 is 0 Å². The smallest absolute Gasteiger partial charge is 0.286 e. The van der Waals surface area contributed by atoms with Crippen LogP contribution in [0, 0.1) is 11.3 Å². The van der Waals surface area contributed by atoms with Crippen molar-refractivity contribution in [3.8, 4) is 17.6 Å². The van der Waals surface area contributed by atoms with Gasteiger partial charge in [-0.15, -0.1) is 0 Å². The van der Waals surface area contributed by atoms with Crippen LogP contribution in [0.1, 0.15) is 37.6 Å². The van der Waals surface area contributed by atoms with Gasteiger partial charge in [-0.05, 0) is 30.7 Å². The van der Waals surface area contributed by atoms with Gasteiger partial charge in [-0.3, -0.25) is 0 Å². The van der Waals surface area contributed by atoms with E-state index in [0.717, 1.165) is 6.92 Å². The third kappa shape index (κ3) is 5.49. The molecule has 0 spiro atoms. The molecular weight excluding hydrogens is 440 g/mol. The van der Waals surface area contributed by atoms with Gasteiger partial charge in [-0.1, -0.05) is 6.07 Å². The molecule has 3 aromatic rings.